The standard InChI is InChI=1S/C63H60BNO/c1-59(2)26-27-60(3,4)46-31-35(22-24-44(46)59)30-43-53-42-32-47-48(62(7,8)29-28-61(47,5)6)34-45(42)63(9,10)58(53)64-56-41(33-51-54(55(43)56)39-18-13-14-21-50(39)66-51)38-19-15-20-40-52-37-17-12-11-16-36(37)23-25-49(52)65(64)57(38)40/h11-25,31-34,43H,26-30H2,1-10H3. The van der Waals surface area contributed by atoms with Crippen molar-refractivity contribution < 1.29 is 4.42 Å². The molecule has 3 heteroatoms. The molecule has 326 valence electrons. The number of hydrogen-bond donors (Lipinski definition) is 0. The molecule has 9 aromatic rings. The third-order valence-corrected chi connectivity index (χ3v) is 18.5. The van der Waals surface area contributed by atoms with Crippen LogP contribution in [0.1, 0.15) is 145 Å². The van der Waals surface area contributed by atoms with Crippen LogP contribution in [0.2, 0.25) is 0 Å². The fourth-order valence-electron chi connectivity index (χ4n) is 14.8. The van der Waals surface area contributed by atoms with Gasteiger partial charge in [0.15, 0.2) is 0 Å². The number of hydrogen-bond acceptors (Lipinski definition) is 1. The van der Waals surface area contributed by atoms with Crippen molar-refractivity contribution in [1.82, 2.24) is 4.48 Å². The predicted octanol–water partition coefficient (Wildman–Crippen LogP) is 15.9. The molecule has 3 aliphatic carbocycles. The number of nitrogens with zero attached hydrogens (tertiary/aromatic N) is 1. The topological polar surface area (TPSA) is 18.1 Å². The van der Waals surface area contributed by atoms with Gasteiger partial charge in [-0.1, -0.05) is 172 Å². The molecule has 14 rings (SSSR count). The number of fused-ring (bicyclic) bond motifs is 16. The van der Waals surface area contributed by atoms with Gasteiger partial charge < -0.3 is 8.90 Å². The Morgan fingerprint density at radius 1 is 0.530 bits per heavy atom. The van der Waals surface area contributed by atoms with Gasteiger partial charge in [0.1, 0.15) is 11.2 Å². The number of aromatic nitrogens is 1. The zero-order chi connectivity index (χ0) is 45.2. The van der Waals surface area contributed by atoms with Crippen molar-refractivity contribution in [1.29, 1.82) is 0 Å². The lowest BCUT2D eigenvalue weighted by atomic mass is 9.37. The van der Waals surface area contributed by atoms with Gasteiger partial charge in [0.25, 0.3) is 0 Å². The minimum atomic E-state index is -0.240. The lowest BCUT2D eigenvalue weighted by Crippen LogP contribution is -2.52. The van der Waals surface area contributed by atoms with Crippen LogP contribution in [0.5, 0.6) is 0 Å². The van der Waals surface area contributed by atoms with Crippen LogP contribution in [0.4, 0.5) is 0 Å². The molecule has 0 radical (unpaired) electrons. The van der Waals surface area contributed by atoms with Crippen molar-refractivity contribution in [3.05, 3.63) is 165 Å². The van der Waals surface area contributed by atoms with E-state index in [4.69, 9.17) is 4.42 Å². The monoisotopic (exact) mass is 857 g/mol. The summed E-state index contributed by atoms with van der Waals surface area (Å²) >= 11 is 0. The smallest absolute Gasteiger partial charge is 0.326 e. The fourth-order valence-corrected chi connectivity index (χ4v) is 14.8. The Balaban J connectivity index is 1.16. The van der Waals surface area contributed by atoms with E-state index >= 15 is 0 Å². The lowest BCUT2D eigenvalue weighted by Gasteiger charge is -2.43. The highest BCUT2D eigenvalue weighted by Crippen LogP contribution is 2.61. The Labute approximate surface area is 390 Å². The summed E-state index contributed by atoms with van der Waals surface area (Å²) in [6, 6.07) is 45.4. The molecule has 1 unspecified atom stereocenters. The van der Waals surface area contributed by atoms with Crippen LogP contribution >= 0.6 is 0 Å². The molecular formula is C63H60BNO. The first-order chi connectivity index (χ1) is 31.5. The number of allylic oxidation sites excluding steroid dienone is 2. The van der Waals surface area contributed by atoms with E-state index in [0.29, 0.717) is 0 Å². The summed E-state index contributed by atoms with van der Waals surface area (Å²) in [5, 5.41) is 7.85. The van der Waals surface area contributed by atoms with Crippen LogP contribution in [-0.4, -0.2) is 11.3 Å². The van der Waals surface area contributed by atoms with E-state index in [-0.39, 0.29) is 39.8 Å². The van der Waals surface area contributed by atoms with Crippen molar-refractivity contribution in [3.8, 4) is 11.1 Å². The molecule has 0 spiro atoms. The molecule has 66 heavy (non-hydrogen) atoms. The van der Waals surface area contributed by atoms with Crippen molar-refractivity contribution in [2.24, 2.45) is 0 Å². The van der Waals surface area contributed by atoms with Gasteiger partial charge in [-0.2, -0.15) is 0 Å². The molecule has 0 amide bonds. The Morgan fingerprint density at radius 2 is 1.18 bits per heavy atom. The van der Waals surface area contributed by atoms with Gasteiger partial charge in [-0.3, -0.25) is 0 Å². The molecule has 0 bridgehead atoms. The predicted molar refractivity (Wildman–Crippen MR) is 280 cm³/mol. The van der Waals surface area contributed by atoms with Crippen LogP contribution < -0.4 is 5.46 Å². The van der Waals surface area contributed by atoms with Gasteiger partial charge in [-0.15, -0.1) is 0 Å². The van der Waals surface area contributed by atoms with E-state index in [2.05, 4.69) is 189 Å². The van der Waals surface area contributed by atoms with Crippen LogP contribution in [-0.2, 0) is 33.5 Å². The number of furan rings is 1. The molecule has 2 aliphatic heterocycles. The molecule has 0 saturated carbocycles. The molecule has 0 N–H and O–H groups in total. The fraction of sp³-hybridized carbons (Fsp3) is 0.333. The maximum absolute atomic E-state index is 7.07. The highest BCUT2D eigenvalue weighted by molar-refractivity contribution is 6.85. The van der Waals surface area contributed by atoms with Crippen LogP contribution in [0.3, 0.4) is 0 Å². The van der Waals surface area contributed by atoms with Crippen molar-refractivity contribution in [3.63, 3.8) is 0 Å². The Hall–Kier alpha value is -5.80. The normalized spacial score (nSPS) is 21.1. The van der Waals surface area contributed by atoms with E-state index in [1.807, 2.05) is 0 Å². The van der Waals surface area contributed by atoms with Gasteiger partial charge in [0.2, 0.25) is 0 Å². The minimum Gasteiger partial charge on any atom is -0.456 e. The van der Waals surface area contributed by atoms with Gasteiger partial charge in [-0.05, 0) is 144 Å². The Kier molecular flexibility index (Phi) is 7.40. The highest BCUT2D eigenvalue weighted by Gasteiger charge is 2.55. The van der Waals surface area contributed by atoms with E-state index < -0.39 is 0 Å². The first-order valence-corrected chi connectivity index (χ1v) is 25.0. The third kappa shape index (κ3) is 4.85. The summed E-state index contributed by atoms with van der Waals surface area (Å²) < 4.78 is 9.89. The first kappa shape index (κ1) is 39.4. The molecule has 0 saturated heterocycles. The van der Waals surface area contributed by atoms with Crippen LogP contribution in [0, 0.1) is 0 Å². The molecule has 4 heterocycles. The second-order valence-corrected chi connectivity index (χ2v) is 24.4. The largest absolute Gasteiger partial charge is 0.456 e. The first-order valence-electron chi connectivity index (χ1n) is 25.0. The Bertz CT molecular complexity index is 3730. The maximum Gasteiger partial charge on any atom is 0.326 e. The van der Waals surface area contributed by atoms with Crippen LogP contribution in [0.25, 0.3) is 71.2 Å². The maximum atomic E-state index is 7.07. The molecule has 2 aromatic heterocycles. The molecule has 7 aromatic carbocycles. The van der Waals surface area contributed by atoms with E-state index in [9.17, 15) is 0 Å². The van der Waals surface area contributed by atoms with Crippen molar-refractivity contribution in [2.75, 3.05) is 0 Å². The lowest BCUT2D eigenvalue weighted by molar-refractivity contribution is 0.331. The van der Waals surface area contributed by atoms with Gasteiger partial charge >= 0.3 is 6.85 Å². The quantitative estimate of drug-likeness (QED) is 0.158. The highest BCUT2D eigenvalue weighted by atomic mass is 16.3. The van der Waals surface area contributed by atoms with E-state index in [0.717, 1.165) is 17.6 Å². The zero-order valence-electron chi connectivity index (χ0n) is 40.5. The summed E-state index contributed by atoms with van der Waals surface area (Å²) in [7, 11) is 0. The molecule has 1 atom stereocenters. The van der Waals surface area contributed by atoms with Gasteiger partial charge in [-0.25, -0.2) is 0 Å². The second kappa shape index (κ2) is 12.4. The summed E-state index contributed by atoms with van der Waals surface area (Å²) in [5.41, 5.74) is 24.2. The summed E-state index contributed by atoms with van der Waals surface area (Å²) in [4.78, 5) is 0. The third-order valence-electron chi connectivity index (χ3n) is 18.5. The Morgan fingerprint density at radius 3 is 1.94 bits per heavy atom. The average Bonchev–Trinajstić information content (AvgIpc) is 3.92. The van der Waals surface area contributed by atoms with Crippen molar-refractivity contribution in [2.45, 2.75) is 134 Å². The van der Waals surface area contributed by atoms with E-state index in [1.165, 1.54) is 113 Å². The average molecular weight is 858 g/mol. The molecule has 5 aliphatic rings. The summed E-state index contributed by atoms with van der Waals surface area (Å²) in [6.45, 7) is 25.0. The number of rotatable bonds is 2. The second-order valence-electron chi connectivity index (χ2n) is 24.4. The van der Waals surface area contributed by atoms with Crippen LogP contribution in [0.15, 0.2) is 125 Å². The van der Waals surface area contributed by atoms with E-state index in [1.54, 1.807) is 27.7 Å². The number of para-hydroxylation sites is 2. The molecule has 2 nitrogen and oxygen atoms in total. The van der Waals surface area contributed by atoms with Crippen molar-refractivity contribution >= 4 is 72.4 Å². The SMILES string of the molecule is CC1(C)CCC(C)(C)c2cc(CC3C4=C(B5c6c(cc7oc8ccccc8c7c63)-c3cccc6c7c8ccccc8ccc7n5c36)C(C)(C)c3cc5c(cc34)C(C)(C)CCC5(C)C)ccc21. The minimum absolute atomic E-state index is 0.000844. The summed E-state index contributed by atoms with van der Waals surface area (Å²) in [5.74, 6) is 0.106. The zero-order valence-corrected chi connectivity index (χ0v) is 40.5. The van der Waals surface area contributed by atoms with Gasteiger partial charge in [0.05, 0.1) is 0 Å². The molecular weight excluding hydrogens is 798 g/mol. The summed E-state index contributed by atoms with van der Waals surface area (Å²) in [6.07, 6.45) is 5.75. The van der Waals surface area contributed by atoms with Gasteiger partial charge in [0, 0.05) is 49.5 Å². The molecule has 0 fully saturated rings. The number of benzene rings is 7.